The van der Waals surface area contributed by atoms with Gasteiger partial charge in [-0.25, -0.2) is 0 Å². The lowest BCUT2D eigenvalue weighted by Gasteiger charge is -2.34. The molecule has 0 aromatic carbocycles. The van der Waals surface area contributed by atoms with Crippen LogP contribution in [0.3, 0.4) is 0 Å². The first-order chi connectivity index (χ1) is 13.7. The first-order valence-corrected chi connectivity index (χ1v) is 11.2. The number of carbonyl (C=O) groups excluding carboxylic acids is 3. The molecule has 1 N–H and O–H groups in total. The van der Waals surface area contributed by atoms with Crippen molar-refractivity contribution in [2.75, 3.05) is 39.4 Å². The summed E-state index contributed by atoms with van der Waals surface area (Å²) in [7, 11) is 0. The Kier molecular flexibility index (Phi) is 8.93. The number of nitrogens with zero attached hydrogens (tertiary/aromatic N) is 2. The van der Waals surface area contributed by atoms with E-state index in [-0.39, 0.29) is 35.1 Å². The first kappa shape index (κ1) is 23.6. The van der Waals surface area contributed by atoms with Crippen LogP contribution >= 0.6 is 0 Å². The van der Waals surface area contributed by atoms with Crippen molar-refractivity contribution in [3.8, 4) is 0 Å². The minimum Gasteiger partial charge on any atom is -0.381 e. The van der Waals surface area contributed by atoms with Gasteiger partial charge in [0.2, 0.25) is 17.7 Å². The summed E-state index contributed by atoms with van der Waals surface area (Å²) < 4.78 is 5.50. The monoisotopic (exact) mass is 409 g/mol. The van der Waals surface area contributed by atoms with Crippen molar-refractivity contribution in [1.29, 1.82) is 0 Å². The van der Waals surface area contributed by atoms with Gasteiger partial charge in [-0.2, -0.15) is 0 Å². The second-order valence-corrected chi connectivity index (χ2v) is 9.29. The third kappa shape index (κ3) is 6.98. The molecule has 3 amide bonds. The number of piperidine rings is 1. The largest absolute Gasteiger partial charge is 0.381 e. The SMILES string of the molecule is CCCCOCCCNC(=O)C1CCN(C(=O)C2CC(=O)N(C(C)(C)C)C2)CC1. The molecule has 2 heterocycles. The molecule has 1 unspecified atom stereocenters. The molecule has 0 aromatic rings. The van der Waals surface area contributed by atoms with Crippen molar-refractivity contribution in [3.05, 3.63) is 0 Å². The van der Waals surface area contributed by atoms with Gasteiger partial charge in [-0.05, 0) is 46.5 Å². The van der Waals surface area contributed by atoms with Gasteiger partial charge < -0.3 is 19.9 Å². The highest BCUT2D eigenvalue weighted by Crippen LogP contribution is 2.28. The second-order valence-electron chi connectivity index (χ2n) is 9.29. The van der Waals surface area contributed by atoms with Crippen LogP contribution in [0.25, 0.3) is 0 Å². The summed E-state index contributed by atoms with van der Waals surface area (Å²) in [6.07, 6.45) is 4.71. The topological polar surface area (TPSA) is 79.0 Å². The number of ether oxygens (including phenoxy) is 1. The molecule has 0 aromatic heterocycles. The lowest BCUT2D eigenvalue weighted by molar-refractivity contribution is -0.139. The molecule has 0 aliphatic carbocycles. The zero-order chi connectivity index (χ0) is 21.4. The maximum atomic E-state index is 12.8. The van der Waals surface area contributed by atoms with E-state index in [1.54, 1.807) is 0 Å². The van der Waals surface area contributed by atoms with Crippen molar-refractivity contribution in [2.24, 2.45) is 11.8 Å². The third-order valence-corrected chi connectivity index (χ3v) is 5.87. The van der Waals surface area contributed by atoms with Crippen molar-refractivity contribution >= 4 is 17.7 Å². The molecule has 2 rings (SSSR count). The maximum Gasteiger partial charge on any atom is 0.227 e. The number of carbonyl (C=O) groups is 3. The van der Waals surface area contributed by atoms with Gasteiger partial charge in [0.05, 0.1) is 5.92 Å². The summed E-state index contributed by atoms with van der Waals surface area (Å²) in [5, 5.41) is 3.00. The number of hydrogen-bond acceptors (Lipinski definition) is 4. The van der Waals surface area contributed by atoms with Crippen LogP contribution in [0.5, 0.6) is 0 Å². The third-order valence-electron chi connectivity index (χ3n) is 5.87. The molecule has 2 saturated heterocycles. The normalized spacial score (nSPS) is 21.0. The number of amides is 3. The molecule has 7 heteroatoms. The van der Waals surface area contributed by atoms with Gasteiger partial charge in [-0.3, -0.25) is 14.4 Å². The summed E-state index contributed by atoms with van der Waals surface area (Å²) >= 11 is 0. The van der Waals surface area contributed by atoms with Crippen LogP contribution in [0.1, 0.15) is 66.2 Å². The predicted molar refractivity (Wildman–Crippen MR) is 112 cm³/mol. The molecule has 0 spiro atoms. The second kappa shape index (κ2) is 11.0. The minimum absolute atomic E-state index is 0.0312. The quantitative estimate of drug-likeness (QED) is 0.592. The number of rotatable bonds is 9. The van der Waals surface area contributed by atoms with Gasteiger partial charge in [0, 0.05) is 57.3 Å². The van der Waals surface area contributed by atoms with Crippen LogP contribution in [-0.2, 0) is 19.1 Å². The smallest absolute Gasteiger partial charge is 0.227 e. The van der Waals surface area contributed by atoms with Gasteiger partial charge in [0.15, 0.2) is 0 Å². The Morgan fingerprint density at radius 2 is 1.76 bits per heavy atom. The van der Waals surface area contributed by atoms with E-state index in [9.17, 15) is 14.4 Å². The molecule has 1 atom stereocenters. The standard InChI is InChI=1S/C22H39N3O4/c1-5-6-13-29-14-7-10-23-20(27)17-8-11-24(12-9-17)21(28)18-15-19(26)25(16-18)22(2,3)4/h17-18H,5-16H2,1-4H3,(H,23,27). The lowest BCUT2D eigenvalue weighted by atomic mass is 9.94. The Hall–Kier alpha value is -1.63. The molecule has 2 aliphatic rings. The highest BCUT2D eigenvalue weighted by atomic mass is 16.5. The molecule has 29 heavy (non-hydrogen) atoms. The summed E-state index contributed by atoms with van der Waals surface area (Å²) in [5.41, 5.74) is -0.252. The maximum absolute atomic E-state index is 12.8. The fourth-order valence-electron chi connectivity index (χ4n) is 4.02. The van der Waals surface area contributed by atoms with E-state index in [2.05, 4.69) is 12.2 Å². The van der Waals surface area contributed by atoms with Crippen molar-refractivity contribution in [1.82, 2.24) is 15.1 Å². The fourth-order valence-corrected chi connectivity index (χ4v) is 4.02. The number of nitrogens with one attached hydrogen (secondary N) is 1. The van der Waals surface area contributed by atoms with Gasteiger partial charge in [-0.1, -0.05) is 13.3 Å². The van der Waals surface area contributed by atoms with Gasteiger partial charge >= 0.3 is 0 Å². The van der Waals surface area contributed by atoms with Crippen molar-refractivity contribution in [2.45, 2.75) is 71.8 Å². The number of hydrogen-bond donors (Lipinski definition) is 1. The number of unbranched alkanes of at least 4 members (excludes halogenated alkanes) is 1. The fraction of sp³-hybridized carbons (Fsp3) is 0.864. The van der Waals surface area contributed by atoms with Crippen LogP contribution in [0.4, 0.5) is 0 Å². The summed E-state index contributed by atoms with van der Waals surface area (Å²) in [6.45, 7) is 11.9. The average molecular weight is 410 g/mol. The van der Waals surface area contributed by atoms with Crippen molar-refractivity contribution < 1.29 is 19.1 Å². The molecule has 0 saturated carbocycles. The molecule has 0 bridgehead atoms. The highest BCUT2D eigenvalue weighted by molar-refractivity contribution is 5.90. The molecule has 166 valence electrons. The van der Waals surface area contributed by atoms with Gasteiger partial charge in [0.25, 0.3) is 0 Å². The number of likely N-dealkylation sites (tertiary alicyclic amines) is 2. The first-order valence-electron chi connectivity index (χ1n) is 11.2. The van der Waals surface area contributed by atoms with E-state index in [0.717, 1.165) is 25.9 Å². The summed E-state index contributed by atoms with van der Waals surface area (Å²) in [4.78, 5) is 41.1. The van der Waals surface area contributed by atoms with Gasteiger partial charge in [-0.15, -0.1) is 0 Å². The van der Waals surface area contributed by atoms with E-state index >= 15 is 0 Å². The van der Waals surface area contributed by atoms with E-state index in [0.29, 0.717) is 52.0 Å². The Morgan fingerprint density at radius 3 is 2.34 bits per heavy atom. The molecule has 0 radical (unpaired) electrons. The Bertz CT molecular complexity index is 565. The zero-order valence-electron chi connectivity index (χ0n) is 18.7. The molecule has 2 aliphatic heterocycles. The molecular weight excluding hydrogens is 370 g/mol. The Morgan fingerprint density at radius 1 is 1.10 bits per heavy atom. The average Bonchev–Trinajstić information content (AvgIpc) is 3.09. The van der Waals surface area contributed by atoms with Gasteiger partial charge in [0.1, 0.15) is 0 Å². The van der Waals surface area contributed by atoms with Crippen LogP contribution in [0, 0.1) is 11.8 Å². The van der Waals surface area contributed by atoms with Crippen LogP contribution in [-0.4, -0.2) is 72.5 Å². The summed E-state index contributed by atoms with van der Waals surface area (Å²) in [5.74, 6) is -0.0752. The van der Waals surface area contributed by atoms with E-state index < -0.39 is 0 Å². The summed E-state index contributed by atoms with van der Waals surface area (Å²) in [6, 6.07) is 0. The van der Waals surface area contributed by atoms with Crippen molar-refractivity contribution in [3.63, 3.8) is 0 Å². The Labute approximate surface area is 175 Å². The predicted octanol–water partition coefficient (Wildman–Crippen LogP) is 2.20. The highest BCUT2D eigenvalue weighted by Gasteiger charge is 2.41. The van der Waals surface area contributed by atoms with E-state index in [4.69, 9.17) is 4.74 Å². The van der Waals surface area contributed by atoms with E-state index in [1.165, 1.54) is 0 Å². The zero-order valence-corrected chi connectivity index (χ0v) is 18.7. The van der Waals surface area contributed by atoms with Crippen LogP contribution in [0.2, 0.25) is 0 Å². The molecule has 2 fully saturated rings. The Balaban J connectivity index is 1.67. The van der Waals surface area contributed by atoms with Crippen LogP contribution < -0.4 is 5.32 Å². The van der Waals surface area contributed by atoms with E-state index in [1.807, 2.05) is 30.6 Å². The lowest BCUT2D eigenvalue weighted by Crippen LogP contribution is -2.46. The molecule has 7 nitrogen and oxygen atoms in total. The molecular formula is C22H39N3O4. The van der Waals surface area contributed by atoms with Crippen LogP contribution in [0.15, 0.2) is 0 Å². The minimum atomic E-state index is -0.252.